The number of fused-ring (bicyclic) bond motifs is 1. The van der Waals surface area contributed by atoms with Gasteiger partial charge < -0.3 is 5.11 Å². The van der Waals surface area contributed by atoms with Crippen LogP contribution in [-0.2, 0) is 6.42 Å². The molecular weight excluding hydrogens is 324 g/mol. The molecule has 0 amide bonds. The lowest BCUT2D eigenvalue weighted by Gasteiger charge is -2.15. The zero-order valence-electron chi connectivity index (χ0n) is 11.9. The van der Waals surface area contributed by atoms with E-state index in [1.165, 1.54) is 5.56 Å². The number of aliphatic hydroxyl groups excluding tert-OH is 1. The van der Waals surface area contributed by atoms with Crippen LogP contribution in [0.25, 0.3) is 10.8 Å². The zero-order valence-corrected chi connectivity index (χ0v) is 13.5. The number of rotatable bonds is 3. The molecule has 3 rings (SSSR count). The monoisotopic (exact) mass is 340 g/mol. The fraction of sp³-hybridized carbons (Fsp3) is 0.158. The molecule has 3 aromatic rings. The Morgan fingerprint density at radius 1 is 0.905 bits per heavy atom. The van der Waals surface area contributed by atoms with Gasteiger partial charge in [0, 0.05) is 4.47 Å². The molecule has 3 aromatic carbocycles. The lowest BCUT2D eigenvalue weighted by Crippen LogP contribution is -2.01. The van der Waals surface area contributed by atoms with Gasteiger partial charge in [0.2, 0.25) is 0 Å². The molecule has 0 aliphatic carbocycles. The van der Waals surface area contributed by atoms with Crippen molar-refractivity contribution in [3.05, 3.63) is 81.8 Å². The number of hydrogen-bond acceptors (Lipinski definition) is 1. The Balaban J connectivity index is 2.08. The Kier molecular flexibility index (Phi) is 4.09. The molecule has 0 aliphatic rings. The van der Waals surface area contributed by atoms with Crippen LogP contribution in [0.5, 0.6) is 0 Å². The Bertz CT molecular complexity index is 762. The van der Waals surface area contributed by atoms with E-state index in [0.29, 0.717) is 0 Å². The first-order chi connectivity index (χ1) is 10.2. The van der Waals surface area contributed by atoms with Crippen LogP contribution in [-0.4, -0.2) is 5.11 Å². The molecule has 0 radical (unpaired) electrons. The van der Waals surface area contributed by atoms with Crippen LogP contribution in [0.2, 0.25) is 0 Å². The van der Waals surface area contributed by atoms with Gasteiger partial charge in [-0.3, -0.25) is 0 Å². The van der Waals surface area contributed by atoms with Crippen LogP contribution in [0, 0.1) is 0 Å². The van der Waals surface area contributed by atoms with Crippen molar-refractivity contribution < 1.29 is 5.11 Å². The van der Waals surface area contributed by atoms with Crippen LogP contribution < -0.4 is 0 Å². The normalized spacial score (nSPS) is 12.5. The SMILES string of the molecule is CCc1ccc(C(O)c2ccc(Br)c3ccccc23)cc1. The summed E-state index contributed by atoms with van der Waals surface area (Å²) in [4.78, 5) is 0. The predicted molar refractivity (Wildman–Crippen MR) is 91.5 cm³/mol. The fourth-order valence-corrected chi connectivity index (χ4v) is 3.12. The van der Waals surface area contributed by atoms with Gasteiger partial charge in [-0.15, -0.1) is 0 Å². The van der Waals surface area contributed by atoms with Crippen LogP contribution in [0.15, 0.2) is 65.1 Å². The highest BCUT2D eigenvalue weighted by atomic mass is 79.9. The van der Waals surface area contributed by atoms with Gasteiger partial charge in [-0.1, -0.05) is 77.5 Å². The molecule has 0 heterocycles. The summed E-state index contributed by atoms with van der Waals surface area (Å²) in [7, 11) is 0. The van der Waals surface area contributed by atoms with Gasteiger partial charge >= 0.3 is 0 Å². The second-order valence-corrected chi connectivity index (χ2v) is 6.03. The first kappa shape index (κ1) is 14.3. The molecule has 106 valence electrons. The van der Waals surface area contributed by atoms with Crippen molar-refractivity contribution >= 4 is 26.7 Å². The maximum atomic E-state index is 10.7. The van der Waals surface area contributed by atoms with E-state index >= 15 is 0 Å². The Labute approximate surface area is 133 Å². The van der Waals surface area contributed by atoms with E-state index < -0.39 is 6.10 Å². The molecule has 0 bridgehead atoms. The third-order valence-electron chi connectivity index (χ3n) is 3.90. The predicted octanol–water partition coefficient (Wildman–Crippen LogP) is 5.25. The summed E-state index contributed by atoms with van der Waals surface area (Å²) in [5.41, 5.74) is 3.16. The summed E-state index contributed by atoms with van der Waals surface area (Å²) in [5.74, 6) is 0. The lowest BCUT2D eigenvalue weighted by atomic mass is 9.95. The Morgan fingerprint density at radius 2 is 1.57 bits per heavy atom. The Hall–Kier alpha value is -1.64. The van der Waals surface area contributed by atoms with Crippen molar-refractivity contribution in [3.8, 4) is 0 Å². The van der Waals surface area contributed by atoms with Crippen LogP contribution in [0.1, 0.15) is 29.7 Å². The van der Waals surface area contributed by atoms with Crippen molar-refractivity contribution in [2.24, 2.45) is 0 Å². The summed E-state index contributed by atoms with van der Waals surface area (Å²) in [5, 5.41) is 12.9. The number of hydrogen-bond donors (Lipinski definition) is 1. The maximum Gasteiger partial charge on any atom is 0.105 e. The second kappa shape index (κ2) is 6.00. The number of aliphatic hydroxyl groups is 1. The largest absolute Gasteiger partial charge is 0.384 e. The minimum atomic E-state index is -0.603. The summed E-state index contributed by atoms with van der Waals surface area (Å²) in [6.45, 7) is 2.13. The van der Waals surface area contributed by atoms with Gasteiger partial charge in [0.1, 0.15) is 6.10 Å². The summed E-state index contributed by atoms with van der Waals surface area (Å²) >= 11 is 3.57. The average Bonchev–Trinajstić information content (AvgIpc) is 2.55. The summed E-state index contributed by atoms with van der Waals surface area (Å²) in [6.07, 6.45) is 0.409. The van der Waals surface area contributed by atoms with E-state index in [1.807, 2.05) is 36.4 Å². The first-order valence-electron chi connectivity index (χ1n) is 7.14. The molecule has 0 saturated carbocycles. The molecule has 1 atom stereocenters. The first-order valence-corrected chi connectivity index (χ1v) is 7.94. The van der Waals surface area contributed by atoms with Crippen LogP contribution in [0.3, 0.4) is 0 Å². The van der Waals surface area contributed by atoms with E-state index in [9.17, 15) is 5.11 Å². The molecule has 21 heavy (non-hydrogen) atoms. The summed E-state index contributed by atoms with van der Waals surface area (Å²) in [6, 6.07) is 20.3. The van der Waals surface area contributed by atoms with E-state index in [1.54, 1.807) is 0 Å². The smallest absolute Gasteiger partial charge is 0.105 e. The third kappa shape index (κ3) is 2.74. The van der Waals surface area contributed by atoms with Gasteiger partial charge in [0.15, 0.2) is 0 Å². The third-order valence-corrected chi connectivity index (χ3v) is 4.59. The molecule has 1 N–H and O–H groups in total. The molecule has 0 spiro atoms. The highest BCUT2D eigenvalue weighted by Gasteiger charge is 2.14. The zero-order chi connectivity index (χ0) is 14.8. The van der Waals surface area contributed by atoms with Crippen molar-refractivity contribution in [2.45, 2.75) is 19.4 Å². The fourth-order valence-electron chi connectivity index (χ4n) is 2.64. The lowest BCUT2D eigenvalue weighted by molar-refractivity contribution is 0.222. The van der Waals surface area contributed by atoms with Gasteiger partial charge in [-0.05, 0) is 39.9 Å². The van der Waals surface area contributed by atoms with Crippen molar-refractivity contribution in [2.75, 3.05) is 0 Å². The summed E-state index contributed by atoms with van der Waals surface area (Å²) < 4.78 is 1.05. The van der Waals surface area contributed by atoms with E-state index in [0.717, 1.165) is 32.8 Å². The number of halogens is 1. The topological polar surface area (TPSA) is 20.2 Å². The van der Waals surface area contributed by atoms with Gasteiger partial charge in [0.25, 0.3) is 0 Å². The van der Waals surface area contributed by atoms with Crippen LogP contribution in [0.4, 0.5) is 0 Å². The van der Waals surface area contributed by atoms with Crippen molar-refractivity contribution in [1.82, 2.24) is 0 Å². The second-order valence-electron chi connectivity index (χ2n) is 5.18. The average molecular weight is 341 g/mol. The number of aryl methyl sites for hydroxylation is 1. The minimum Gasteiger partial charge on any atom is -0.384 e. The van der Waals surface area contributed by atoms with E-state index in [2.05, 4.69) is 47.1 Å². The highest BCUT2D eigenvalue weighted by molar-refractivity contribution is 9.10. The standard InChI is InChI=1S/C19H17BrO/c1-2-13-7-9-14(10-8-13)19(21)17-11-12-18(20)16-6-4-3-5-15(16)17/h3-12,19,21H,2H2,1H3. The highest BCUT2D eigenvalue weighted by Crippen LogP contribution is 2.33. The van der Waals surface area contributed by atoms with Gasteiger partial charge in [-0.2, -0.15) is 0 Å². The van der Waals surface area contributed by atoms with Gasteiger partial charge in [-0.25, -0.2) is 0 Å². The molecule has 1 nitrogen and oxygen atoms in total. The van der Waals surface area contributed by atoms with E-state index in [4.69, 9.17) is 0 Å². The number of benzene rings is 3. The molecular formula is C19H17BrO. The molecule has 2 heteroatoms. The minimum absolute atomic E-state index is 0.603. The van der Waals surface area contributed by atoms with Crippen molar-refractivity contribution in [3.63, 3.8) is 0 Å². The molecule has 1 unspecified atom stereocenters. The molecule has 0 saturated heterocycles. The maximum absolute atomic E-state index is 10.7. The Morgan fingerprint density at radius 3 is 2.24 bits per heavy atom. The van der Waals surface area contributed by atoms with Gasteiger partial charge in [0.05, 0.1) is 0 Å². The molecule has 0 aromatic heterocycles. The molecule has 0 fully saturated rings. The molecule has 0 aliphatic heterocycles. The van der Waals surface area contributed by atoms with Crippen LogP contribution >= 0.6 is 15.9 Å². The van der Waals surface area contributed by atoms with Crippen molar-refractivity contribution in [1.29, 1.82) is 0 Å². The quantitative estimate of drug-likeness (QED) is 0.690. The van der Waals surface area contributed by atoms with E-state index in [-0.39, 0.29) is 0 Å².